The fourth-order valence-corrected chi connectivity index (χ4v) is 4.56. The Kier molecular flexibility index (Phi) is 5.70. The van der Waals surface area contributed by atoms with Crippen molar-refractivity contribution >= 4 is 45.3 Å². The van der Waals surface area contributed by atoms with Gasteiger partial charge in [-0.05, 0) is 31.7 Å². The highest BCUT2D eigenvalue weighted by Gasteiger charge is 2.31. The average molecular weight is 452 g/mol. The van der Waals surface area contributed by atoms with Crippen LogP contribution in [-0.2, 0) is 4.79 Å². The van der Waals surface area contributed by atoms with Gasteiger partial charge in [0.05, 0.1) is 21.8 Å². The number of nitrogens with zero attached hydrogens (tertiary/aromatic N) is 3. The van der Waals surface area contributed by atoms with Crippen LogP contribution in [0.25, 0.3) is 33.3 Å². The number of anilines is 1. The highest BCUT2D eigenvalue weighted by atomic mass is 35.5. The van der Waals surface area contributed by atoms with E-state index in [1.165, 1.54) is 38.4 Å². The Hall–Kier alpha value is -3.13. The largest absolute Gasteiger partial charge is 0.383 e. The van der Waals surface area contributed by atoms with E-state index in [9.17, 15) is 4.79 Å². The summed E-state index contributed by atoms with van der Waals surface area (Å²) < 4.78 is 0. The second kappa shape index (κ2) is 8.78. The third kappa shape index (κ3) is 4.14. The lowest BCUT2D eigenvalue weighted by Crippen LogP contribution is -2.37. The number of nitrogen functional groups attached to an aromatic ring is 1. The maximum atomic E-state index is 11.4. The molecule has 5 N–H and O–H groups in total. The van der Waals surface area contributed by atoms with E-state index in [2.05, 4.69) is 30.5 Å². The van der Waals surface area contributed by atoms with Gasteiger partial charge in [-0.25, -0.2) is 9.97 Å². The Bertz CT molecular complexity index is 1250. The summed E-state index contributed by atoms with van der Waals surface area (Å²) in [6, 6.07) is 8.31. The zero-order chi connectivity index (χ0) is 22.1. The zero-order valence-corrected chi connectivity index (χ0v) is 18.5. The van der Waals surface area contributed by atoms with E-state index in [4.69, 9.17) is 17.3 Å². The smallest absolute Gasteiger partial charge is 0.223 e. The first-order chi connectivity index (χ1) is 15.6. The average Bonchev–Trinajstić information content (AvgIpc) is 3.50. The number of amides is 1. The van der Waals surface area contributed by atoms with Crippen molar-refractivity contribution in [1.82, 2.24) is 30.5 Å². The molecule has 0 bridgehead atoms. The monoisotopic (exact) mass is 451 g/mol. The molecular weight excluding hydrogens is 426 g/mol. The SMILES string of the molecule is Nc1ncnc2n[nH]c(-c3[nH]c4ccccc4c3Cl)c12.O=C(NC1CCCCC1)C1CC1. The molecule has 0 radical (unpaired) electrons. The maximum Gasteiger partial charge on any atom is 0.223 e. The van der Waals surface area contributed by atoms with E-state index < -0.39 is 0 Å². The molecule has 0 spiro atoms. The quantitative estimate of drug-likeness (QED) is 0.362. The van der Waals surface area contributed by atoms with Crippen molar-refractivity contribution in [2.75, 3.05) is 5.73 Å². The fourth-order valence-electron chi connectivity index (χ4n) is 4.25. The number of para-hydroxylation sites is 1. The molecule has 2 aliphatic carbocycles. The van der Waals surface area contributed by atoms with Crippen molar-refractivity contribution in [3.8, 4) is 11.4 Å². The van der Waals surface area contributed by atoms with Crippen molar-refractivity contribution in [2.45, 2.75) is 51.0 Å². The predicted octanol–water partition coefficient (Wildman–Crippen LogP) is 4.58. The molecule has 3 aromatic heterocycles. The van der Waals surface area contributed by atoms with Gasteiger partial charge in [-0.15, -0.1) is 0 Å². The van der Waals surface area contributed by atoms with Crippen molar-refractivity contribution in [3.63, 3.8) is 0 Å². The van der Waals surface area contributed by atoms with Crippen LogP contribution in [0.15, 0.2) is 30.6 Å². The van der Waals surface area contributed by atoms with Gasteiger partial charge in [0.15, 0.2) is 5.65 Å². The highest BCUT2D eigenvalue weighted by molar-refractivity contribution is 6.38. The predicted molar refractivity (Wildman–Crippen MR) is 126 cm³/mol. The molecule has 4 aromatic rings. The number of carbonyl (C=O) groups excluding carboxylic acids is 1. The van der Waals surface area contributed by atoms with Gasteiger partial charge in [0.1, 0.15) is 12.1 Å². The molecule has 6 rings (SSSR count). The molecular formula is C23H26ClN7O. The summed E-state index contributed by atoms with van der Waals surface area (Å²) in [5.74, 6) is 1.07. The first kappa shape index (κ1) is 20.8. The van der Waals surface area contributed by atoms with Crippen molar-refractivity contribution < 1.29 is 4.79 Å². The molecule has 1 amide bonds. The molecule has 0 saturated heterocycles. The number of benzene rings is 1. The lowest BCUT2D eigenvalue weighted by molar-refractivity contribution is -0.123. The van der Waals surface area contributed by atoms with Crippen LogP contribution in [0.4, 0.5) is 5.82 Å². The summed E-state index contributed by atoms with van der Waals surface area (Å²) in [7, 11) is 0. The van der Waals surface area contributed by atoms with Crippen molar-refractivity contribution in [1.29, 1.82) is 0 Å². The van der Waals surface area contributed by atoms with Crippen LogP contribution < -0.4 is 11.1 Å². The van der Waals surface area contributed by atoms with Crippen molar-refractivity contribution in [2.24, 2.45) is 5.92 Å². The number of carbonyl (C=O) groups is 1. The van der Waals surface area contributed by atoms with Crippen LogP contribution >= 0.6 is 11.6 Å². The molecule has 1 aromatic carbocycles. The summed E-state index contributed by atoms with van der Waals surface area (Å²) in [5.41, 5.74) is 8.81. The van der Waals surface area contributed by atoms with Gasteiger partial charge in [-0.2, -0.15) is 5.10 Å². The van der Waals surface area contributed by atoms with Crippen LogP contribution in [0.1, 0.15) is 44.9 Å². The topological polar surface area (TPSA) is 125 Å². The Morgan fingerprint density at radius 3 is 2.59 bits per heavy atom. The molecule has 2 fully saturated rings. The Morgan fingerprint density at radius 2 is 1.84 bits per heavy atom. The number of aromatic nitrogens is 5. The zero-order valence-electron chi connectivity index (χ0n) is 17.7. The van der Waals surface area contributed by atoms with Gasteiger partial charge in [-0.1, -0.05) is 49.1 Å². The molecule has 2 aliphatic rings. The number of H-pyrrole nitrogens is 2. The van der Waals surface area contributed by atoms with Gasteiger partial charge in [0, 0.05) is 22.9 Å². The number of nitrogens with one attached hydrogen (secondary N) is 3. The van der Waals surface area contributed by atoms with E-state index in [0.717, 1.165) is 29.4 Å². The number of halogens is 1. The number of fused-ring (bicyclic) bond motifs is 2. The summed E-state index contributed by atoms with van der Waals surface area (Å²) in [4.78, 5) is 22.7. The lowest BCUT2D eigenvalue weighted by Gasteiger charge is -2.22. The number of rotatable bonds is 3. The third-order valence-corrected chi connectivity index (χ3v) is 6.57. The first-order valence-corrected chi connectivity index (χ1v) is 11.5. The molecule has 8 nitrogen and oxygen atoms in total. The molecule has 166 valence electrons. The summed E-state index contributed by atoms with van der Waals surface area (Å²) in [6.45, 7) is 0. The van der Waals surface area contributed by atoms with Crippen molar-refractivity contribution in [3.05, 3.63) is 35.6 Å². The second-order valence-electron chi connectivity index (χ2n) is 8.53. The van der Waals surface area contributed by atoms with E-state index >= 15 is 0 Å². The third-order valence-electron chi connectivity index (χ3n) is 6.17. The van der Waals surface area contributed by atoms with E-state index in [-0.39, 0.29) is 0 Å². The minimum absolute atomic E-state index is 0.321. The standard InChI is InChI=1S/C13H9ClN6.C10H17NO/c14-9-6-3-1-2-4-7(6)18-11(9)10-8-12(15)16-5-17-13(8)20-19-10;12-10(8-6-7-8)11-9-4-2-1-3-5-9/h1-5,18H,(H3,15,16,17,19,20);8-9H,1-7H2,(H,11,12). The molecule has 0 aliphatic heterocycles. The van der Waals surface area contributed by atoms with Crippen LogP contribution in [0.5, 0.6) is 0 Å². The maximum absolute atomic E-state index is 11.4. The van der Waals surface area contributed by atoms with E-state index in [1.54, 1.807) is 0 Å². The molecule has 2 saturated carbocycles. The van der Waals surface area contributed by atoms with Gasteiger partial charge in [0.25, 0.3) is 0 Å². The van der Waals surface area contributed by atoms with Gasteiger partial charge >= 0.3 is 0 Å². The molecule has 0 unspecified atom stereocenters. The summed E-state index contributed by atoms with van der Waals surface area (Å²) in [5, 5.41) is 12.4. The number of nitrogens with two attached hydrogens (primary N) is 1. The lowest BCUT2D eigenvalue weighted by atomic mass is 9.95. The first-order valence-electron chi connectivity index (χ1n) is 11.1. The Balaban J connectivity index is 0.000000154. The van der Waals surface area contributed by atoms with E-state index in [1.807, 2.05) is 24.3 Å². The van der Waals surface area contributed by atoms with Crippen LogP contribution in [0.2, 0.25) is 5.02 Å². The van der Waals surface area contributed by atoms with E-state index in [0.29, 0.717) is 45.4 Å². The number of hydrogen-bond donors (Lipinski definition) is 4. The number of hydrogen-bond acceptors (Lipinski definition) is 5. The van der Waals surface area contributed by atoms with Gasteiger partial charge in [-0.3, -0.25) is 9.89 Å². The highest BCUT2D eigenvalue weighted by Crippen LogP contribution is 2.37. The van der Waals surface area contributed by atoms with Crippen LogP contribution in [0.3, 0.4) is 0 Å². The van der Waals surface area contributed by atoms with Crippen LogP contribution in [-0.4, -0.2) is 37.1 Å². The Labute approximate surface area is 190 Å². The molecule has 9 heteroatoms. The summed E-state index contributed by atoms with van der Waals surface area (Å²) in [6.07, 6.45) is 10.0. The normalized spacial score (nSPS) is 16.7. The Morgan fingerprint density at radius 1 is 1.06 bits per heavy atom. The van der Waals surface area contributed by atoms with Crippen LogP contribution in [0, 0.1) is 5.92 Å². The summed E-state index contributed by atoms with van der Waals surface area (Å²) >= 11 is 6.44. The van der Waals surface area contributed by atoms with Gasteiger partial charge in [0.2, 0.25) is 5.91 Å². The minimum atomic E-state index is 0.321. The minimum Gasteiger partial charge on any atom is -0.383 e. The van der Waals surface area contributed by atoms with Gasteiger partial charge < -0.3 is 16.0 Å². The second-order valence-corrected chi connectivity index (χ2v) is 8.91. The fraction of sp³-hybridized carbons (Fsp3) is 0.391. The number of aromatic amines is 2. The molecule has 32 heavy (non-hydrogen) atoms. The molecule has 3 heterocycles. The molecule has 0 atom stereocenters.